The fourth-order valence-corrected chi connectivity index (χ4v) is 7.71. The van der Waals surface area contributed by atoms with Crippen LogP contribution in [-0.4, -0.2) is 48.3 Å². The van der Waals surface area contributed by atoms with E-state index in [1.54, 1.807) is 0 Å². The maximum Gasteiger partial charge on any atom is 0.310 e. The summed E-state index contributed by atoms with van der Waals surface area (Å²) in [5.41, 5.74) is 0.397. The van der Waals surface area contributed by atoms with Gasteiger partial charge in [-0.25, -0.2) is 0 Å². The van der Waals surface area contributed by atoms with Gasteiger partial charge in [0.15, 0.2) is 0 Å². The van der Waals surface area contributed by atoms with Gasteiger partial charge in [0.2, 0.25) is 0 Å². The number of likely N-dealkylation sites (tertiary alicyclic amines) is 1. The molecule has 158 valence electrons. The van der Waals surface area contributed by atoms with Crippen molar-refractivity contribution in [3.8, 4) is 0 Å². The summed E-state index contributed by atoms with van der Waals surface area (Å²) in [5.74, 6) is 3.08. The van der Waals surface area contributed by atoms with E-state index in [0.29, 0.717) is 35.2 Å². The van der Waals surface area contributed by atoms with Gasteiger partial charge in [-0.2, -0.15) is 0 Å². The third-order valence-electron chi connectivity index (χ3n) is 8.95. The summed E-state index contributed by atoms with van der Waals surface area (Å²) in [7, 11) is 0. The third kappa shape index (κ3) is 3.14. The maximum atomic E-state index is 13.0. The Morgan fingerprint density at radius 2 is 1.93 bits per heavy atom. The smallest absolute Gasteiger partial charge is 0.310 e. The molecule has 0 aromatic carbocycles. The second-order valence-electron chi connectivity index (χ2n) is 12.0. The molecule has 0 radical (unpaired) electrons. The number of fused-ring (bicyclic) bond motifs is 5. The highest BCUT2D eigenvalue weighted by Gasteiger charge is 2.67. The molecular weight excluding hydrogens is 350 g/mol. The molecule has 5 rings (SSSR count). The summed E-state index contributed by atoms with van der Waals surface area (Å²) in [6, 6.07) is 0. The topological polar surface area (TPSA) is 42.1 Å². The normalized spacial score (nSPS) is 52.8. The Labute approximate surface area is 170 Å². The monoisotopic (exact) mass is 389 g/mol. The molecular formula is C24H39NO3. The first kappa shape index (κ1) is 19.4. The van der Waals surface area contributed by atoms with Gasteiger partial charge >= 0.3 is 5.97 Å². The van der Waals surface area contributed by atoms with Crippen LogP contribution in [0.15, 0.2) is 0 Å². The summed E-state index contributed by atoms with van der Waals surface area (Å²) >= 11 is 0. The van der Waals surface area contributed by atoms with Gasteiger partial charge in [-0.15, -0.1) is 0 Å². The van der Waals surface area contributed by atoms with E-state index < -0.39 is 0 Å². The lowest BCUT2D eigenvalue weighted by molar-refractivity contribution is -0.149. The zero-order valence-corrected chi connectivity index (χ0v) is 18.4. The Bertz CT molecular complexity index is 648. The number of rotatable bonds is 2. The first-order valence-corrected chi connectivity index (χ1v) is 11.8. The molecule has 0 spiro atoms. The number of esters is 1. The standard InChI is InChI=1S/C24H39NO3/c1-14-7-9-25(13-23(3,4)11-14)12-18-17-10-15(2)16-6-8-24(5)21(28-24)19(16)20(17)27-22(18)26/h14-21H,6-13H2,1-5H3/t14-,15-,16+,17+,18-,19+,20+,21+,24-/m1/s1. The van der Waals surface area contributed by atoms with Crippen molar-refractivity contribution in [2.75, 3.05) is 19.6 Å². The van der Waals surface area contributed by atoms with Crippen molar-refractivity contribution in [1.82, 2.24) is 4.90 Å². The minimum absolute atomic E-state index is 0.0598. The number of nitrogens with zero attached hydrogens (tertiary/aromatic N) is 1. The van der Waals surface area contributed by atoms with E-state index in [2.05, 4.69) is 39.5 Å². The van der Waals surface area contributed by atoms with Gasteiger partial charge < -0.3 is 14.4 Å². The molecule has 3 aliphatic heterocycles. The van der Waals surface area contributed by atoms with E-state index in [9.17, 15) is 4.79 Å². The van der Waals surface area contributed by atoms with Crippen molar-refractivity contribution in [1.29, 1.82) is 0 Å². The lowest BCUT2D eigenvalue weighted by atomic mass is 9.58. The van der Waals surface area contributed by atoms with E-state index in [0.717, 1.165) is 32.0 Å². The molecule has 5 aliphatic rings. The lowest BCUT2D eigenvalue weighted by Gasteiger charge is -2.45. The summed E-state index contributed by atoms with van der Waals surface area (Å²) in [5, 5.41) is 0. The molecule has 0 aromatic heterocycles. The van der Waals surface area contributed by atoms with Crippen molar-refractivity contribution in [3.05, 3.63) is 0 Å². The molecule has 0 N–H and O–H groups in total. The van der Waals surface area contributed by atoms with E-state index >= 15 is 0 Å². The Hall–Kier alpha value is -0.610. The number of carbonyl (C=O) groups is 1. The molecule has 0 bridgehead atoms. The van der Waals surface area contributed by atoms with Crippen LogP contribution < -0.4 is 0 Å². The number of carbonyl (C=O) groups excluding carboxylic acids is 1. The van der Waals surface area contributed by atoms with Gasteiger partial charge in [-0.3, -0.25) is 4.79 Å². The Balaban J connectivity index is 1.34. The average Bonchev–Trinajstić information content (AvgIpc) is 3.23. The lowest BCUT2D eigenvalue weighted by Crippen LogP contribution is -2.49. The second-order valence-corrected chi connectivity index (χ2v) is 12.0. The van der Waals surface area contributed by atoms with Gasteiger partial charge in [0.05, 0.1) is 17.6 Å². The molecule has 4 nitrogen and oxygen atoms in total. The summed E-state index contributed by atoms with van der Waals surface area (Å²) in [6.45, 7) is 14.9. The van der Waals surface area contributed by atoms with Crippen LogP contribution in [0, 0.1) is 40.9 Å². The fourth-order valence-electron chi connectivity index (χ4n) is 7.71. The van der Waals surface area contributed by atoms with Gasteiger partial charge in [0, 0.05) is 24.9 Å². The van der Waals surface area contributed by atoms with Crippen LogP contribution in [0.1, 0.15) is 66.7 Å². The zero-order valence-electron chi connectivity index (χ0n) is 18.4. The molecule has 0 unspecified atom stereocenters. The van der Waals surface area contributed by atoms with Crippen LogP contribution in [-0.2, 0) is 14.3 Å². The van der Waals surface area contributed by atoms with E-state index in [-0.39, 0.29) is 23.6 Å². The molecule has 2 aliphatic carbocycles. The number of hydrogen-bond acceptors (Lipinski definition) is 4. The van der Waals surface area contributed by atoms with Crippen molar-refractivity contribution in [2.24, 2.45) is 40.9 Å². The van der Waals surface area contributed by atoms with Crippen molar-refractivity contribution in [3.63, 3.8) is 0 Å². The molecule has 5 fully saturated rings. The third-order valence-corrected chi connectivity index (χ3v) is 8.95. The Kier molecular flexibility index (Phi) is 4.45. The molecule has 28 heavy (non-hydrogen) atoms. The number of hydrogen-bond donors (Lipinski definition) is 0. The minimum Gasteiger partial charge on any atom is -0.461 e. The molecule has 0 aromatic rings. The summed E-state index contributed by atoms with van der Waals surface area (Å²) in [6.07, 6.45) is 6.52. The molecule has 3 heterocycles. The van der Waals surface area contributed by atoms with E-state index in [1.807, 2.05) is 0 Å². The summed E-state index contributed by atoms with van der Waals surface area (Å²) in [4.78, 5) is 15.6. The van der Waals surface area contributed by atoms with Crippen molar-refractivity contribution >= 4 is 5.97 Å². The predicted molar refractivity (Wildman–Crippen MR) is 109 cm³/mol. The first-order chi connectivity index (χ1) is 13.2. The number of ether oxygens (including phenoxy) is 2. The first-order valence-electron chi connectivity index (χ1n) is 11.8. The van der Waals surface area contributed by atoms with Gasteiger partial charge in [0.25, 0.3) is 0 Å². The number of epoxide rings is 1. The van der Waals surface area contributed by atoms with Crippen LogP contribution in [0.4, 0.5) is 0 Å². The van der Waals surface area contributed by atoms with Gasteiger partial charge in [-0.1, -0.05) is 27.7 Å². The van der Waals surface area contributed by atoms with Crippen molar-refractivity contribution < 1.29 is 14.3 Å². The Morgan fingerprint density at radius 3 is 2.71 bits per heavy atom. The largest absolute Gasteiger partial charge is 0.461 e. The van der Waals surface area contributed by atoms with Gasteiger partial charge in [-0.05, 0) is 68.7 Å². The Morgan fingerprint density at radius 1 is 1.14 bits per heavy atom. The summed E-state index contributed by atoms with van der Waals surface area (Å²) < 4.78 is 12.3. The highest BCUT2D eigenvalue weighted by atomic mass is 16.6. The molecule has 4 heteroatoms. The van der Waals surface area contributed by atoms with Crippen LogP contribution in [0.5, 0.6) is 0 Å². The molecule has 2 saturated carbocycles. The van der Waals surface area contributed by atoms with Crippen LogP contribution in [0.3, 0.4) is 0 Å². The highest BCUT2D eigenvalue weighted by Crippen LogP contribution is 2.61. The minimum atomic E-state index is 0.0598. The average molecular weight is 390 g/mol. The van der Waals surface area contributed by atoms with Crippen molar-refractivity contribution in [2.45, 2.75) is 84.5 Å². The van der Waals surface area contributed by atoms with Crippen LogP contribution in [0.25, 0.3) is 0 Å². The van der Waals surface area contributed by atoms with Crippen LogP contribution >= 0.6 is 0 Å². The van der Waals surface area contributed by atoms with E-state index in [4.69, 9.17) is 9.47 Å². The highest BCUT2D eigenvalue weighted by molar-refractivity contribution is 5.75. The maximum absolute atomic E-state index is 13.0. The molecule has 9 atom stereocenters. The van der Waals surface area contributed by atoms with Gasteiger partial charge in [0.1, 0.15) is 6.10 Å². The second kappa shape index (κ2) is 6.44. The van der Waals surface area contributed by atoms with E-state index in [1.165, 1.54) is 25.7 Å². The molecule has 3 saturated heterocycles. The fraction of sp³-hybridized carbons (Fsp3) is 0.958. The predicted octanol–water partition coefficient (Wildman–Crippen LogP) is 4.13. The van der Waals surface area contributed by atoms with Crippen LogP contribution in [0.2, 0.25) is 0 Å². The SMILES string of the molecule is C[C@@H]1CCN(C[C@H]2C(=O)O[C@H]3[C@H]2C[C@@H](C)[C@@H]2CC[C@@]4(C)O[C@H]4[C@@H]23)CC(C)(C)C1. The quantitative estimate of drug-likeness (QED) is 0.526. The molecule has 0 amide bonds. The zero-order chi connectivity index (χ0) is 19.8.